The first-order valence-electron chi connectivity index (χ1n) is 5.34. The minimum atomic E-state index is -0.939. The molecule has 0 saturated carbocycles. The summed E-state index contributed by atoms with van der Waals surface area (Å²) in [5.41, 5.74) is 5.92. The van der Waals surface area contributed by atoms with E-state index in [9.17, 15) is 4.79 Å². The monoisotopic (exact) mass is 257 g/mol. The number of methoxy groups -OCH3 is 1. The van der Waals surface area contributed by atoms with Gasteiger partial charge in [0.2, 0.25) is 0 Å². The van der Waals surface area contributed by atoms with Gasteiger partial charge in [0, 0.05) is 26.2 Å². The first-order chi connectivity index (χ1) is 8.11. The SMILES string of the molecule is COC1CN(c2ncc(C(=O)O)s2)CCC1N. The normalized spacial score (nSPS) is 24.9. The number of anilines is 1. The van der Waals surface area contributed by atoms with E-state index < -0.39 is 5.97 Å². The molecule has 17 heavy (non-hydrogen) atoms. The second kappa shape index (κ2) is 4.99. The van der Waals surface area contributed by atoms with E-state index in [1.54, 1.807) is 7.11 Å². The van der Waals surface area contributed by atoms with Gasteiger partial charge in [0.05, 0.1) is 12.3 Å². The summed E-state index contributed by atoms with van der Waals surface area (Å²) in [5.74, 6) is -0.939. The molecule has 7 heteroatoms. The molecule has 1 fully saturated rings. The van der Waals surface area contributed by atoms with E-state index in [1.807, 2.05) is 4.90 Å². The van der Waals surface area contributed by atoms with Crippen molar-refractivity contribution in [2.24, 2.45) is 5.73 Å². The topological polar surface area (TPSA) is 88.7 Å². The molecule has 0 aliphatic carbocycles. The second-order valence-corrected chi connectivity index (χ2v) is 4.99. The van der Waals surface area contributed by atoms with Gasteiger partial charge in [-0.15, -0.1) is 0 Å². The van der Waals surface area contributed by atoms with Gasteiger partial charge in [0.1, 0.15) is 4.88 Å². The number of aromatic carboxylic acids is 1. The molecule has 1 aromatic rings. The highest BCUT2D eigenvalue weighted by molar-refractivity contribution is 7.17. The maximum Gasteiger partial charge on any atom is 0.347 e. The van der Waals surface area contributed by atoms with Crippen molar-refractivity contribution >= 4 is 22.4 Å². The summed E-state index contributed by atoms with van der Waals surface area (Å²) in [5, 5.41) is 9.56. The molecular formula is C10H15N3O3S. The van der Waals surface area contributed by atoms with Crippen molar-refractivity contribution in [3.8, 4) is 0 Å². The van der Waals surface area contributed by atoms with Crippen LogP contribution >= 0.6 is 11.3 Å². The highest BCUT2D eigenvalue weighted by Crippen LogP contribution is 2.25. The summed E-state index contributed by atoms with van der Waals surface area (Å²) >= 11 is 1.18. The number of piperidine rings is 1. The van der Waals surface area contributed by atoms with Crippen molar-refractivity contribution in [2.45, 2.75) is 18.6 Å². The molecule has 2 unspecified atom stereocenters. The van der Waals surface area contributed by atoms with Crippen LogP contribution in [0.1, 0.15) is 16.1 Å². The predicted molar refractivity (Wildman–Crippen MR) is 64.7 cm³/mol. The van der Waals surface area contributed by atoms with E-state index in [1.165, 1.54) is 17.5 Å². The Bertz CT molecular complexity index is 409. The van der Waals surface area contributed by atoms with Gasteiger partial charge in [-0.2, -0.15) is 0 Å². The Labute approximate surface area is 103 Å². The maximum atomic E-state index is 10.8. The molecule has 2 atom stereocenters. The number of carboxylic acids is 1. The first-order valence-corrected chi connectivity index (χ1v) is 6.16. The maximum absolute atomic E-state index is 10.8. The standard InChI is InChI=1S/C10H15N3O3S/c1-16-7-5-13(3-2-6(7)11)10-12-4-8(17-10)9(14)15/h4,6-7H,2-3,5,11H2,1H3,(H,14,15). The lowest BCUT2D eigenvalue weighted by Crippen LogP contribution is -2.51. The summed E-state index contributed by atoms with van der Waals surface area (Å²) < 4.78 is 5.30. The minimum absolute atomic E-state index is 0.0269. The molecule has 1 aromatic heterocycles. The average Bonchev–Trinajstić information content (AvgIpc) is 2.79. The molecule has 2 heterocycles. The zero-order chi connectivity index (χ0) is 12.4. The van der Waals surface area contributed by atoms with Crippen LogP contribution in [0.3, 0.4) is 0 Å². The predicted octanol–water partition coefficient (Wildman–Crippen LogP) is 0.394. The summed E-state index contributed by atoms with van der Waals surface area (Å²) in [4.78, 5) is 17.2. The number of ether oxygens (including phenoxy) is 1. The number of hydrogen-bond acceptors (Lipinski definition) is 6. The van der Waals surface area contributed by atoms with Gasteiger partial charge in [-0.3, -0.25) is 0 Å². The highest BCUT2D eigenvalue weighted by Gasteiger charge is 2.28. The van der Waals surface area contributed by atoms with Crippen LogP contribution in [-0.4, -0.2) is 48.4 Å². The van der Waals surface area contributed by atoms with Gasteiger partial charge >= 0.3 is 5.97 Å². The Balaban J connectivity index is 2.09. The lowest BCUT2D eigenvalue weighted by atomic mass is 10.0. The van der Waals surface area contributed by atoms with Crippen LogP contribution < -0.4 is 10.6 Å². The van der Waals surface area contributed by atoms with Crippen molar-refractivity contribution in [1.29, 1.82) is 0 Å². The zero-order valence-electron chi connectivity index (χ0n) is 9.50. The molecule has 2 rings (SSSR count). The van der Waals surface area contributed by atoms with Crippen molar-refractivity contribution in [2.75, 3.05) is 25.1 Å². The molecule has 1 saturated heterocycles. The minimum Gasteiger partial charge on any atom is -0.477 e. The van der Waals surface area contributed by atoms with Crippen molar-refractivity contribution in [3.63, 3.8) is 0 Å². The van der Waals surface area contributed by atoms with Gasteiger partial charge in [-0.05, 0) is 6.42 Å². The van der Waals surface area contributed by atoms with Gasteiger partial charge in [0.25, 0.3) is 0 Å². The molecule has 0 aromatic carbocycles. The van der Waals surface area contributed by atoms with E-state index in [0.717, 1.165) is 18.1 Å². The van der Waals surface area contributed by atoms with E-state index in [0.29, 0.717) is 6.54 Å². The quantitative estimate of drug-likeness (QED) is 0.814. The van der Waals surface area contributed by atoms with Gasteiger partial charge in [-0.1, -0.05) is 11.3 Å². The van der Waals surface area contributed by atoms with E-state index >= 15 is 0 Å². The highest BCUT2D eigenvalue weighted by atomic mass is 32.1. The number of aromatic nitrogens is 1. The molecular weight excluding hydrogens is 242 g/mol. The fourth-order valence-corrected chi connectivity index (χ4v) is 2.66. The molecule has 6 nitrogen and oxygen atoms in total. The molecule has 94 valence electrons. The third-order valence-electron chi connectivity index (χ3n) is 2.89. The average molecular weight is 257 g/mol. The third-order valence-corrected chi connectivity index (χ3v) is 3.93. The molecule has 0 bridgehead atoms. The lowest BCUT2D eigenvalue weighted by Gasteiger charge is -2.35. The Morgan fingerprint density at radius 3 is 3.12 bits per heavy atom. The van der Waals surface area contributed by atoms with Crippen LogP contribution in [0, 0.1) is 0 Å². The summed E-state index contributed by atoms with van der Waals surface area (Å²) in [6.45, 7) is 1.44. The van der Waals surface area contributed by atoms with Crippen LogP contribution in [0.25, 0.3) is 0 Å². The number of nitrogens with zero attached hydrogens (tertiary/aromatic N) is 2. The van der Waals surface area contributed by atoms with E-state index in [4.69, 9.17) is 15.6 Å². The van der Waals surface area contributed by atoms with E-state index in [-0.39, 0.29) is 17.0 Å². The molecule has 0 spiro atoms. The van der Waals surface area contributed by atoms with Crippen LogP contribution in [0.2, 0.25) is 0 Å². The Morgan fingerprint density at radius 2 is 2.53 bits per heavy atom. The van der Waals surface area contributed by atoms with Gasteiger partial charge in [-0.25, -0.2) is 9.78 Å². The number of hydrogen-bond donors (Lipinski definition) is 2. The number of carboxylic acid groups (broad SMARTS) is 1. The van der Waals surface area contributed by atoms with Crippen LogP contribution in [0.15, 0.2) is 6.20 Å². The van der Waals surface area contributed by atoms with Crippen LogP contribution in [0.5, 0.6) is 0 Å². The zero-order valence-corrected chi connectivity index (χ0v) is 10.3. The molecule has 0 amide bonds. The fourth-order valence-electron chi connectivity index (χ4n) is 1.87. The van der Waals surface area contributed by atoms with Crippen molar-refractivity contribution in [3.05, 3.63) is 11.1 Å². The van der Waals surface area contributed by atoms with Crippen molar-refractivity contribution in [1.82, 2.24) is 4.98 Å². The fraction of sp³-hybridized carbons (Fsp3) is 0.600. The van der Waals surface area contributed by atoms with Crippen LogP contribution in [0.4, 0.5) is 5.13 Å². The number of carbonyl (C=O) groups is 1. The Morgan fingerprint density at radius 1 is 1.76 bits per heavy atom. The molecule has 3 N–H and O–H groups in total. The molecule has 1 aliphatic heterocycles. The van der Waals surface area contributed by atoms with E-state index in [2.05, 4.69) is 4.98 Å². The number of rotatable bonds is 3. The van der Waals surface area contributed by atoms with Crippen LogP contribution in [-0.2, 0) is 4.74 Å². The largest absolute Gasteiger partial charge is 0.477 e. The van der Waals surface area contributed by atoms with Crippen molar-refractivity contribution < 1.29 is 14.6 Å². The smallest absolute Gasteiger partial charge is 0.347 e. The third kappa shape index (κ3) is 2.56. The molecule has 1 aliphatic rings. The first kappa shape index (κ1) is 12.3. The lowest BCUT2D eigenvalue weighted by molar-refractivity contribution is 0.0702. The molecule has 0 radical (unpaired) electrons. The van der Waals surface area contributed by atoms with Gasteiger partial charge < -0.3 is 20.5 Å². The summed E-state index contributed by atoms with van der Waals surface area (Å²) in [7, 11) is 1.64. The Kier molecular flexibility index (Phi) is 3.60. The number of thiazole rings is 1. The Hall–Kier alpha value is -1.18. The summed E-state index contributed by atoms with van der Waals surface area (Å²) in [6.07, 6.45) is 2.18. The number of nitrogens with two attached hydrogens (primary N) is 1. The van der Waals surface area contributed by atoms with Gasteiger partial charge in [0.15, 0.2) is 5.13 Å². The second-order valence-electron chi connectivity index (χ2n) is 3.98. The summed E-state index contributed by atoms with van der Waals surface area (Å²) in [6, 6.07) is 0.0372.